The van der Waals surface area contributed by atoms with Gasteiger partial charge in [-0.3, -0.25) is 0 Å². The lowest BCUT2D eigenvalue weighted by atomic mass is 9.51. The van der Waals surface area contributed by atoms with Crippen molar-refractivity contribution in [3.8, 4) is 0 Å². The highest BCUT2D eigenvalue weighted by Gasteiger charge is 2.64. The minimum Gasteiger partial charge on any atom is -0.467 e. The second-order valence-corrected chi connectivity index (χ2v) is 8.54. The number of furan rings is 1. The van der Waals surface area contributed by atoms with Crippen LogP contribution in [-0.2, 0) is 11.0 Å². The Hall–Kier alpha value is -1.70. The zero-order chi connectivity index (χ0) is 16.8. The number of aryl methyl sites for hydroxylation is 1. The van der Waals surface area contributed by atoms with Gasteiger partial charge in [-0.05, 0) is 43.4 Å². The SMILES string of the molecule is Cc1cccc2c1N1C(C)c3occc3C1(C)C(C)(C)C2(C)C. The van der Waals surface area contributed by atoms with E-state index in [-0.39, 0.29) is 22.4 Å². The molecule has 2 nitrogen and oxygen atoms in total. The predicted octanol–water partition coefficient (Wildman–Crippen LogP) is 5.70. The Morgan fingerprint density at radius 3 is 2.39 bits per heavy atom. The van der Waals surface area contributed by atoms with Gasteiger partial charge >= 0.3 is 0 Å². The van der Waals surface area contributed by atoms with Crippen LogP contribution in [0.1, 0.15) is 70.0 Å². The third-order valence-electron chi connectivity index (χ3n) is 7.40. The predicted molar refractivity (Wildman–Crippen MR) is 94.9 cm³/mol. The number of nitrogens with zero attached hydrogens (tertiary/aromatic N) is 1. The average molecular weight is 309 g/mol. The van der Waals surface area contributed by atoms with Crippen LogP contribution in [0.15, 0.2) is 34.9 Å². The van der Waals surface area contributed by atoms with Crippen LogP contribution >= 0.6 is 0 Å². The maximum Gasteiger partial charge on any atom is 0.131 e. The molecule has 0 bridgehead atoms. The Morgan fingerprint density at radius 1 is 1.00 bits per heavy atom. The first-order valence-electron chi connectivity index (χ1n) is 8.63. The van der Waals surface area contributed by atoms with Crippen molar-refractivity contribution in [3.63, 3.8) is 0 Å². The van der Waals surface area contributed by atoms with Crippen LogP contribution in [0, 0.1) is 12.3 Å². The van der Waals surface area contributed by atoms with E-state index in [9.17, 15) is 0 Å². The van der Waals surface area contributed by atoms with E-state index in [0.717, 1.165) is 5.76 Å². The molecule has 2 aromatic rings. The van der Waals surface area contributed by atoms with Crippen molar-refractivity contribution < 1.29 is 4.42 Å². The molecule has 0 saturated heterocycles. The van der Waals surface area contributed by atoms with E-state index >= 15 is 0 Å². The maximum atomic E-state index is 5.92. The Kier molecular flexibility index (Phi) is 2.61. The summed E-state index contributed by atoms with van der Waals surface area (Å²) in [5, 5.41) is 0. The molecule has 0 radical (unpaired) electrons. The summed E-state index contributed by atoms with van der Waals surface area (Å²) < 4.78 is 5.92. The fraction of sp³-hybridized carbons (Fsp3) is 0.524. The van der Waals surface area contributed by atoms with Crippen LogP contribution in [0.2, 0.25) is 0 Å². The Balaban J connectivity index is 2.15. The molecule has 2 aliphatic rings. The summed E-state index contributed by atoms with van der Waals surface area (Å²) in [6.45, 7) is 16.5. The van der Waals surface area contributed by atoms with E-state index in [4.69, 9.17) is 4.42 Å². The average Bonchev–Trinajstić information content (AvgIpc) is 3.03. The number of anilines is 1. The highest BCUT2D eigenvalue weighted by molar-refractivity contribution is 5.71. The number of hydrogen-bond acceptors (Lipinski definition) is 2. The normalized spacial score (nSPS) is 29.9. The molecule has 2 unspecified atom stereocenters. The van der Waals surface area contributed by atoms with E-state index in [0.29, 0.717) is 0 Å². The fourth-order valence-electron chi connectivity index (χ4n) is 5.16. The van der Waals surface area contributed by atoms with E-state index < -0.39 is 0 Å². The number of hydrogen-bond donors (Lipinski definition) is 0. The summed E-state index contributed by atoms with van der Waals surface area (Å²) in [7, 11) is 0. The van der Waals surface area contributed by atoms with Crippen molar-refractivity contribution in [1.29, 1.82) is 0 Å². The van der Waals surface area contributed by atoms with Crippen molar-refractivity contribution >= 4 is 5.69 Å². The van der Waals surface area contributed by atoms with Gasteiger partial charge in [-0.15, -0.1) is 0 Å². The molecule has 0 saturated carbocycles. The van der Waals surface area contributed by atoms with Crippen molar-refractivity contribution in [3.05, 3.63) is 53.0 Å². The molecular weight excluding hydrogens is 282 g/mol. The summed E-state index contributed by atoms with van der Waals surface area (Å²) in [5.74, 6) is 1.13. The second kappa shape index (κ2) is 4.03. The van der Waals surface area contributed by atoms with Gasteiger partial charge in [0.1, 0.15) is 5.76 Å². The quantitative estimate of drug-likeness (QED) is 0.620. The topological polar surface area (TPSA) is 16.4 Å². The molecule has 0 spiro atoms. The molecule has 0 amide bonds. The largest absolute Gasteiger partial charge is 0.467 e. The first kappa shape index (κ1) is 14.9. The zero-order valence-corrected chi connectivity index (χ0v) is 15.3. The summed E-state index contributed by atoms with van der Waals surface area (Å²) in [6, 6.07) is 9.21. The summed E-state index contributed by atoms with van der Waals surface area (Å²) in [5.41, 5.74) is 5.63. The number of benzene rings is 1. The molecule has 1 aromatic carbocycles. The van der Waals surface area contributed by atoms with Gasteiger partial charge in [-0.25, -0.2) is 0 Å². The van der Waals surface area contributed by atoms with Gasteiger partial charge in [-0.2, -0.15) is 0 Å². The molecule has 2 heteroatoms. The van der Waals surface area contributed by atoms with Gasteiger partial charge in [0.15, 0.2) is 0 Å². The van der Waals surface area contributed by atoms with Gasteiger partial charge in [-0.1, -0.05) is 45.9 Å². The molecule has 23 heavy (non-hydrogen) atoms. The van der Waals surface area contributed by atoms with Crippen LogP contribution < -0.4 is 4.90 Å². The summed E-state index contributed by atoms with van der Waals surface area (Å²) in [6.07, 6.45) is 1.86. The van der Waals surface area contributed by atoms with Crippen molar-refractivity contribution in [2.24, 2.45) is 5.41 Å². The van der Waals surface area contributed by atoms with Crippen LogP contribution in [0.4, 0.5) is 5.69 Å². The van der Waals surface area contributed by atoms with Crippen LogP contribution in [0.5, 0.6) is 0 Å². The van der Waals surface area contributed by atoms with E-state index in [1.54, 1.807) is 0 Å². The van der Waals surface area contributed by atoms with Crippen LogP contribution in [0.25, 0.3) is 0 Å². The first-order valence-corrected chi connectivity index (χ1v) is 8.63. The minimum absolute atomic E-state index is 0.0597. The van der Waals surface area contributed by atoms with Gasteiger partial charge < -0.3 is 9.32 Å². The molecule has 0 N–H and O–H groups in total. The number of rotatable bonds is 0. The van der Waals surface area contributed by atoms with Crippen molar-refractivity contribution in [2.45, 2.75) is 65.5 Å². The highest BCUT2D eigenvalue weighted by atomic mass is 16.3. The minimum atomic E-state index is -0.0721. The van der Waals surface area contributed by atoms with Crippen LogP contribution in [-0.4, -0.2) is 0 Å². The molecule has 2 aliphatic heterocycles. The van der Waals surface area contributed by atoms with E-state index in [1.807, 2.05) is 6.26 Å². The highest BCUT2D eigenvalue weighted by Crippen LogP contribution is 2.67. The first-order chi connectivity index (χ1) is 10.7. The van der Waals surface area contributed by atoms with Gasteiger partial charge in [0, 0.05) is 16.7 Å². The zero-order valence-electron chi connectivity index (χ0n) is 15.3. The Morgan fingerprint density at radius 2 is 1.70 bits per heavy atom. The smallest absolute Gasteiger partial charge is 0.131 e. The molecule has 122 valence electrons. The van der Waals surface area contributed by atoms with Crippen molar-refractivity contribution in [1.82, 2.24) is 0 Å². The lowest BCUT2D eigenvalue weighted by Crippen LogP contribution is -2.62. The molecule has 0 fully saturated rings. The Bertz CT molecular complexity index is 798. The summed E-state index contributed by atoms with van der Waals surface area (Å²) >= 11 is 0. The molecule has 2 atom stereocenters. The van der Waals surface area contributed by atoms with Gasteiger partial charge in [0.25, 0.3) is 0 Å². The molecular formula is C21H27NO. The van der Waals surface area contributed by atoms with Crippen molar-refractivity contribution in [2.75, 3.05) is 4.90 Å². The third kappa shape index (κ3) is 1.38. The van der Waals surface area contributed by atoms with E-state index in [2.05, 4.69) is 77.6 Å². The number of fused-ring (bicyclic) bond motifs is 5. The lowest BCUT2D eigenvalue weighted by molar-refractivity contribution is 0.0651. The molecule has 3 heterocycles. The fourth-order valence-corrected chi connectivity index (χ4v) is 5.16. The maximum absolute atomic E-state index is 5.92. The molecule has 1 aromatic heterocycles. The van der Waals surface area contributed by atoms with Gasteiger partial charge in [0.05, 0.1) is 17.8 Å². The Labute approximate surface area is 139 Å². The van der Waals surface area contributed by atoms with E-state index in [1.165, 1.54) is 22.4 Å². The lowest BCUT2D eigenvalue weighted by Gasteiger charge is -2.62. The molecule has 0 aliphatic carbocycles. The number of para-hydroxylation sites is 1. The second-order valence-electron chi connectivity index (χ2n) is 8.54. The molecule has 4 rings (SSSR count). The third-order valence-corrected chi connectivity index (χ3v) is 7.40. The monoisotopic (exact) mass is 309 g/mol. The summed E-state index contributed by atoms with van der Waals surface area (Å²) in [4.78, 5) is 2.62. The van der Waals surface area contributed by atoms with Gasteiger partial charge in [0.2, 0.25) is 0 Å². The van der Waals surface area contributed by atoms with Crippen LogP contribution in [0.3, 0.4) is 0 Å². The standard InChI is InChI=1S/C21H27NO/c1-13-9-8-10-15-17(13)22-14(2)18-16(11-12-23-18)21(22,7)20(5,6)19(15,3)4/h8-12,14H,1-7H3.